The SMILES string of the molecule is CC(NC(=O)CN1CCCCC1C)c1ccc(Br)cc1. The van der Waals surface area contributed by atoms with Crippen molar-refractivity contribution in [1.29, 1.82) is 0 Å². The smallest absolute Gasteiger partial charge is 0.234 e. The van der Waals surface area contributed by atoms with Gasteiger partial charge in [-0.3, -0.25) is 9.69 Å². The number of hydrogen-bond acceptors (Lipinski definition) is 2. The van der Waals surface area contributed by atoms with Crippen LogP contribution in [0.5, 0.6) is 0 Å². The van der Waals surface area contributed by atoms with Crippen LogP contribution in [0.25, 0.3) is 0 Å². The molecule has 0 bridgehead atoms. The Morgan fingerprint density at radius 2 is 2.10 bits per heavy atom. The zero-order chi connectivity index (χ0) is 14.5. The second-order valence-electron chi connectivity index (χ2n) is 5.66. The third-order valence-electron chi connectivity index (χ3n) is 4.03. The Balaban J connectivity index is 1.85. The summed E-state index contributed by atoms with van der Waals surface area (Å²) in [6, 6.07) is 8.67. The molecule has 1 aliphatic rings. The molecule has 1 heterocycles. The summed E-state index contributed by atoms with van der Waals surface area (Å²) in [6.07, 6.45) is 3.70. The second-order valence-corrected chi connectivity index (χ2v) is 6.57. The Hall–Kier alpha value is -0.870. The van der Waals surface area contributed by atoms with Gasteiger partial charge in [-0.05, 0) is 50.9 Å². The number of piperidine rings is 1. The van der Waals surface area contributed by atoms with E-state index in [1.54, 1.807) is 0 Å². The van der Waals surface area contributed by atoms with E-state index in [0.717, 1.165) is 16.6 Å². The van der Waals surface area contributed by atoms with Crippen molar-refractivity contribution < 1.29 is 4.79 Å². The zero-order valence-electron chi connectivity index (χ0n) is 12.2. The van der Waals surface area contributed by atoms with E-state index in [4.69, 9.17) is 0 Å². The Morgan fingerprint density at radius 3 is 2.75 bits per heavy atom. The number of likely N-dealkylation sites (tertiary alicyclic amines) is 1. The minimum Gasteiger partial charge on any atom is -0.348 e. The van der Waals surface area contributed by atoms with E-state index >= 15 is 0 Å². The minimum atomic E-state index is 0.0516. The van der Waals surface area contributed by atoms with Gasteiger partial charge < -0.3 is 5.32 Å². The van der Waals surface area contributed by atoms with E-state index in [-0.39, 0.29) is 11.9 Å². The molecule has 1 N–H and O–H groups in total. The number of carbonyl (C=O) groups excluding carboxylic acids is 1. The molecule has 110 valence electrons. The van der Waals surface area contributed by atoms with Gasteiger partial charge in [0.2, 0.25) is 5.91 Å². The molecule has 1 fully saturated rings. The van der Waals surface area contributed by atoms with Crippen molar-refractivity contribution in [3.05, 3.63) is 34.3 Å². The summed E-state index contributed by atoms with van der Waals surface area (Å²) < 4.78 is 1.06. The highest BCUT2D eigenvalue weighted by Crippen LogP contribution is 2.18. The third kappa shape index (κ3) is 4.32. The van der Waals surface area contributed by atoms with Crippen LogP contribution in [0.3, 0.4) is 0 Å². The highest BCUT2D eigenvalue weighted by molar-refractivity contribution is 9.10. The summed E-state index contributed by atoms with van der Waals surface area (Å²) in [5.74, 6) is 0.120. The van der Waals surface area contributed by atoms with E-state index in [2.05, 4.69) is 33.1 Å². The lowest BCUT2D eigenvalue weighted by atomic mass is 10.0. The molecule has 2 rings (SSSR count). The summed E-state index contributed by atoms with van der Waals surface area (Å²) in [4.78, 5) is 14.4. The van der Waals surface area contributed by atoms with E-state index in [1.807, 2.05) is 31.2 Å². The van der Waals surface area contributed by atoms with Crippen molar-refractivity contribution in [2.24, 2.45) is 0 Å². The van der Waals surface area contributed by atoms with Crippen LogP contribution in [0.1, 0.15) is 44.7 Å². The molecular weight excluding hydrogens is 316 g/mol. The molecule has 4 heteroatoms. The molecule has 1 aliphatic heterocycles. The fourth-order valence-corrected chi connectivity index (χ4v) is 2.96. The van der Waals surface area contributed by atoms with Gasteiger partial charge in [-0.25, -0.2) is 0 Å². The van der Waals surface area contributed by atoms with Gasteiger partial charge in [-0.2, -0.15) is 0 Å². The quantitative estimate of drug-likeness (QED) is 0.911. The van der Waals surface area contributed by atoms with E-state index < -0.39 is 0 Å². The Labute approximate surface area is 129 Å². The maximum Gasteiger partial charge on any atom is 0.234 e. The number of amides is 1. The van der Waals surface area contributed by atoms with Gasteiger partial charge in [0.1, 0.15) is 0 Å². The van der Waals surface area contributed by atoms with Crippen LogP contribution in [0.4, 0.5) is 0 Å². The Bertz CT molecular complexity index is 446. The van der Waals surface area contributed by atoms with Gasteiger partial charge in [0.05, 0.1) is 12.6 Å². The second kappa shape index (κ2) is 7.23. The molecule has 0 aliphatic carbocycles. The molecule has 0 saturated carbocycles. The predicted molar refractivity (Wildman–Crippen MR) is 85.6 cm³/mol. The van der Waals surface area contributed by atoms with Crippen LogP contribution in [-0.2, 0) is 4.79 Å². The predicted octanol–water partition coefficient (Wildman–Crippen LogP) is 3.50. The van der Waals surface area contributed by atoms with Crippen molar-refractivity contribution in [2.75, 3.05) is 13.1 Å². The molecule has 2 unspecified atom stereocenters. The molecule has 0 radical (unpaired) electrons. The zero-order valence-corrected chi connectivity index (χ0v) is 13.8. The molecule has 0 aromatic heterocycles. The van der Waals surface area contributed by atoms with Crippen LogP contribution in [0.2, 0.25) is 0 Å². The highest BCUT2D eigenvalue weighted by atomic mass is 79.9. The van der Waals surface area contributed by atoms with Gasteiger partial charge in [-0.1, -0.05) is 34.5 Å². The number of nitrogens with one attached hydrogen (secondary N) is 1. The first kappa shape index (κ1) is 15.5. The van der Waals surface area contributed by atoms with Crippen molar-refractivity contribution >= 4 is 21.8 Å². The van der Waals surface area contributed by atoms with Gasteiger partial charge in [0.15, 0.2) is 0 Å². The Kier molecular flexibility index (Phi) is 5.61. The van der Waals surface area contributed by atoms with Gasteiger partial charge in [0.25, 0.3) is 0 Å². The van der Waals surface area contributed by atoms with Gasteiger partial charge >= 0.3 is 0 Å². The first-order valence-electron chi connectivity index (χ1n) is 7.35. The van der Waals surface area contributed by atoms with Crippen LogP contribution >= 0.6 is 15.9 Å². The van der Waals surface area contributed by atoms with Crippen LogP contribution in [0.15, 0.2) is 28.7 Å². The molecule has 20 heavy (non-hydrogen) atoms. The number of nitrogens with zero attached hydrogens (tertiary/aromatic N) is 1. The van der Waals surface area contributed by atoms with Crippen molar-refractivity contribution in [3.63, 3.8) is 0 Å². The molecule has 1 aromatic rings. The molecule has 1 amide bonds. The fraction of sp³-hybridized carbons (Fsp3) is 0.562. The highest BCUT2D eigenvalue weighted by Gasteiger charge is 2.21. The first-order chi connectivity index (χ1) is 9.56. The lowest BCUT2D eigenvalue weighted by molar-refractivity contribution is -0.123. The van der Waals surface area contributed by atoms with E-state index in [0.29, 0.717) is 12.6 Å². The normalized spacial score (nSPS) is 21.4. The largest absolute Gasteiger partial charge is 0.348 e. The third-order valence-corrected chi connectivity index (χ3v) is 4.56. The van der Waals surface area contributed by atoms with Crippen LogP contribution < -0.4 is 5.32 Å². The molecule has 3 nitrogen and oxygen atoms in total. The number of rotatable bonds is 4. The van der Waals surface area contributed by atoms with Crippen molar-refractivity contribution in [3.8, 4) is 0 Å². The summed E-state index contributed by atoms with van der Waals surface area (Å²) in [6.45, 7) is 5.80. The summed E-state index contributed by atoms with van der Waals surface area (Å²) in [5, 5.41) is 3.09. The molecule has 2 atom stereocenters. The maximum atomic E-state index is 12.1. The standard InChI is InChI=1S/C16H23BrN2O/c1-12-5-3-4-10-19(12)11-16(20)18-13(2)14-6-8-15(17)9-7-14/h6-9,12-13H,3-5,10-11H2,1-2H3,(H,18,20). The van der Waals surface area contributed by atoms with E-state index in [1.165, 1.54) is 19.3 Å². The maximum absolute atomic E-state index is 12.1. The minimum absolute atomic E-state index is 0.0516. The molecule has 1 saturated heterocycles. The van der Waals surface area contributed by atoms with Crippen LogP contribution in [-0.4, -0.2) is 29.9 Å². The molecule has 1 aromatic carbocycles. The van der Waals surface area contributed by atoms with Crippen molar-refractivity contribution in [1.82, 2.24) is 10.2 Å². The summed E-state index contributed by atoms with van der Waals surface area (Å²) in [7, 11) is 0. The van der Waals surface area contributed by atoms with Gasteiger partial charge in [0, 0.05) is 10.5 Å². The monoisotopic (exact) mass is 338 g/mol. The topological polar surface area (TPSA) is 32.3 Å². The number of halogens is 1. The lowest BCUT2D eigenvalue weighted by Gasteiger charge is -2.32. The molecule has 0 spiro atoms. The Morgan fingerprint density at radius 1 is 1.40 bits per heavy atom. The van der Waals surface area contributed by atoms with Gasteiger partial charge in [-0.15, -0.1) is 0 Å². The van der Waals surface area contributed by atoms with E-state index in [9.17, 15) is 4.79 Å². The number of carbonyl (C=O) groups is 1. The number of hydrogen-bond donors (Lipinski definition) is 1. The van der Waals surface area contributed by atoms with Crippen LogP contribution in [0, 0.1) is 0 Å². The fourth-order valence-electron chi connectivity index (χ4n) is 2.70. The molecular formula is C16H23BrN2O. The van der Waals surface area contributed by atoms with Crippen molar-refractivity contribution in [2.45, 2.75) is 45.2 Å². The first-order valence-corrected chi connectivity index (χ1v) is 8.14. The number of benzene rings is 1. The average molecular weight is 339 g/mol. The summed E-state index contributed by atoms with van der Waals surface area (Å²) in [5.41, 5.74) is 1.13. The lowest BCUT2D eigenvalue weighted by Crippen LogP contribution is -2.44. The summed E-state index contributed by atoms with van der Waals surface area (Å²) >= 11 is 3.42. The average Bonchev–Trinajstić information content (AvgIpc) is 2.42.